The lowest BCUT2D eigenvalue weighted by atomic mass is 9.72. The van der Waals surface area contributed by atoms with Crippen molar-refractivity contribution in [3.8, 4) is 0 Å². The first-order chi connectivity index (χ1) is 13.8. The molecular formula is C18H21Cl2N5O4. The van der Waals surface area contributed by atoms with Crippen molar-refractivity contribution in [3.63, 3.8) is 0 Å². The van der Waals surface area contributed by atoms with Gasteiger partial charge >= 0.3 is 0 Å². The van der Waals surface area contributed by atoms with Crippen molar-refractivity contribution >= 4 is 40.7 Å². The number of amides is 2. The van der Waals surface area contributed by atoms with Crippen LogP contribution in [0.15, 0.2) is 30.9 Å². The largest absolute Gasteiger partial charge is 0.353 e. The number of anilines is 1. The van der Waals surface area contributed by atoms with Gasteiger partial charge in [-0.3, -0.25) is 25.0 Å². The summed E-state index contributed by atoms with van der Waals surface area (Å²) >= 11 is 11.9. The van der Waals surface area contributed by atoms with E-state index in [9.17, 15) is 19.7 Å². The van der Waals surface area contributed by atoms with Gasteiger partial charge in [-0.2, -0.15) is 0 Å². The summed E-state index contributed by atoms with van der Waals surface area (Å²) < 4.78 is 0. The third-order valence-corrected chi connectivity index (χ3v) is 5.93. The smallest absolute Gasteiger partial charge is 0.227 e. The fourth-order valence-electron chi connectivity index (χ4n) is 3.82. The van der Waals surface area contributed by atoms with Gasteiger partial charge in [0.1, 0.15) is 0 Å². The van der Waals surface area contributed by atoms with Crippen LogP contribution in [0.4, 0.5) is 5.69 Å². The number of rotatable bonds is 6. The van der Waals surface area contributed by atoms with Gasteiger partial charge in [0.05, 0.1) is 21.9 Å². The van der Waals surface area contributed by atoms with E-state index in [1.807, 2.05) is 0 Å². The minimum absolute atomic E-state index is 0.0525. The molecule has 5 unspecified atom stereocenters. The molecule has 1 aliphatic carbocycles. The Hall–Kier alpha value is -2.36. The predicted molar refractivity (Wildman–Crippen MR) is 109 cm³/mol. The molecule has 0 aromatic heterocycles. The normalized spacial score (nSPS) is 28.6. The van der Waals surface area contributed by atoms with E-state index >= 15 is 0 Å². The van der Waals surface area contributed by atoms with Crippen LogP contribution in [0.3, 0.4) is 0 Å². The van der Waals surface area contributed by atoms with E-state index in [1.165, 1.54) is 6.08 Å². The summed E-state index contributed by atoms with van der Waals surface area (Å²) in [5.74, 6) is -2.11. The van der Waals surface area contributed by atoms with Gasteiger partial charge in [0.2, 0.25) is 17.9 Å². The van der Waals surface area contributed by atoms with E-state index in [4.69, 9.17) is 23.2 Å². The molecule has 0 spiro atoms. The predicted octanol–water partition coefficient (Wildman–Crippen LogP) is 1.75. The maximum atomic E-state index is 12.7. The van der Waals surface area contributed by atoms with Crippen LogP contribution in [0.25, 0.3) is 0 Å². The first-order valence-corrected chi connectivity index (χ1v) is 9.86. The van der Waals surface area contributed by atoms with E-state index in [0.717, 1.165) is 0 Å². The molecule has 2 amide bonds. The Balaban J connectivity index is 1.79. The van der Waals surface area contributed by atoms with Crippen molar-refractivity contribution < 1.29 is 14.5 Å². The van der Waals surface area contributed by atoms with Crippen LogP contribution in [0.2, 0.25) is 10.0 Å². The van der Waals surface area contributed by atoms with Crippen molar-refractivity contribution in [2.24, 2.45) is 11.8 Å². The summed E-state index contributed by atoms with van der Waals surface area (Å²) in [6.45, 7) is 3.80. The molecule has 2 fully saturated rings. The molecule has 1 saturated heterocycles. The molecule has 3 rings (SSSR count). The van der Waals surface area contributed by atoms with E-state index < -0.39 is 35.1 Å². The van der Waals surface area contributed by atoms with Crippen molar-refractivity contribution in [2.45, 2.75) is 31.2 Å². The molecule has 156 valence electrons. The van der Waals surface area contributed by atoms with Gasteiger partial charge in [-0.25, -0.2) is 0 Å². The van der Waals surface area contributed by atoms with Crippen molar-refractivity contribution in [1.82, 2.24) is 16.0 Å². The molecule has 1 saturated carbocycles. The number of nitrogens with one attached hydrogen (secondary N) is 4. The summed E-state index contributed by atoms with van der Waals surface area (Å²) in [4.78, 5) is 36.3. The summed E-state index contributed by atoms with van der Waals surface area (Å²) in [6, 6.07) is 3.43. The second kappa shape index (κ2) is 8.98. The number of halogens is 2. The maximum Gasteiger partial charge on any atom is 0.227 e. The van der Waals surface area contributed by atoms with Gasteiger partial charge in [0.25, 0.3) is 0 Å². The number of benzene rings is 1. The van der Waals surface area contributed by atoms with Gasteiger partial charge in [0.15, 0.2) is 6.29 Å². The average molecular weight is 442 g/mol. The average Bonchev–Trinajstić information content (AvgIpc) is 2.68. The number of nitro groups is 1. The quantitative estimate of drug-likeness (QED) is 0.302. The second-order valence-electron chi connectivity index (χ2n) is 7.06. The van der Waals surface area contributed by atoms with Gasteiger partial charge in [-0.15, -0.1) is 6.58 Å². The van der Waals surface area contributed by atoms with Crippen molar-refractivity contribution in [1.29, 1.82) is 0 Å². The summed E-state index contributed by atoms with van der Waals surface area (Å²) in [6.07, 6.45) is 0.972. The molecule has 9 nitrogen and oxygen atoms in total. The molecule has 2 aliphatic rings. The van der Waals surface area contributed by atoms with Crippen LogP contribution in [0.5, 0.6) is 0 Å². The second-order valence-corrected chi connectivity index (χ2v) is 7.88. The summed E-state index contributed by atoms with van der Waals surface area (Å²) in [7, 11) is 0. The Morgan fingerprint density at radius 1 is 1.34 bits per heavy atom. The third-order valence-electron chi connectivity index (χ3n) is 5.19. The van der Waals surface area contributed by atoms with E-state index in [0.29, 0.717) is 15.7 Å². The molecular weight excluding hydrogens is 421 g/mol. The zero-order chi connectivity index (χ0) is 21.1. The molecule has 11 heteroatoms. The minimum Gasteiger partial charge on any atom is -0.353 e. The van der Waals surface area contributed by atoms with Crippen molar-refractivity contribution in [3.05, 3.63) is 51.0 Å². The lowest BCUT2D eigenvalue weighted by Crippen LogP contribution is -2.69. The Morgan fingerprint density at radius 3 is 2.76 bits per heavy atom. The Labute approximate surface area is 177 Å². The van der Waals surface area contributed by atoms with Crippen LogP contribution < -0.4 is 21.3 Å². The topological polar surface area (TPSA) is 125 Å². The van der Waals surface area contributed by atoms with Crippen LogP contribution in [-0.4, -0.2) is 41.7 Å². The molecule has 0 bridgehead atoms. The number of hydrogen-bond donors (Lipinski definition) is 4. The number of carbonyl (C=O) groups is 2. The number of hydrogen-bond acceptors (Lipinski definition) is 6. The molecule has 29 heavy (non-hydrogen) atoms. The monoisotopic (exact) mass is 441 g/mol. The van der Waals surface area contributed by atoms with E-state index in [-0.39, 0.29) is 31.2 Å². The summed E-state index contributed by atoms with van der Waals surface area (Å²) in [5, 5.41) is 23.8. The fourth-order valence-corrected chi connectivity index (χ4v) is 4.12. The Kier molecular flexibility index (Phi) is 6.61. The highest BCUT2D eigenvalue weighted by Crippen LogP contribution is 2.34. The Morgan fingerprint density at radius 2 is 2.10 bits per heavy atom. The zero-order valence-corrected chi connectivity index (χ0v) is 16.9. The van der Waals surface area contributed by atoms with Crippen LogP contribution >= 0.6 is 23.2 Å². The molecule has 1 aromatic carbocycles. The number of fused-ring (bicyclic) bond motifs is 1. The highest BCUT2D eigenvalue weighted by molar-refractivity contribution is 6.42. The third kappa shape index (κ3) is 4.80. The fraction of sp³-hybridized carbons (Fsp3) is 0.444. The highest BCUT2D eigenvalue weighted by atomic mass is 35.5. The number of nitrogens with zero attached hydrogens (tertiary/aromatic N) is 1. The number of carbonyl (C=O) groups excluding carboxylic acids is 2. The lowest BCUT2D eigenvalue weighted by Gasteiger charge is -2.44. The first-order valence-electron chi connectivity index (χ1n) is 9.10. The molecule has 1 aromatic rings. The van der Waals surface area contributed by atoms with Gasteiger partial charge < -0.3 is 16.0 Å². The molecule has 1 heterocycles. The van der Waals surface area contributed by atoms with E-state index in [2.05, 4.69) is 27.8 Å². The molecule has 5 atom stereocenters. The zero-order valence-electron chi connectivity index (χ0n) is 15.4. The van der Waals surface area contributed by atoms with Gasteiger partial charge in [-0.05, 0) is 18.2 Å². The standard InChI is InChI=1S/C18H21Cl2N5O4/c1-2-5-21-16(26)11-7-10(25(28)29)8-12-15(11)23-18(24-17(12)27)22-9-3-4-13(19)14(20)6-9/h2-4,6,10-12,15,18,22-23H,1,5,7-8H2,(H,21,26)(H,24,27). The van der Waals surface area contributed by atoms with Gasteiger partial charge in [0, 0.05) is 36.0 Å². The van der Waals surface area contributed by atoms with Crippen LogP contribution in [-0.2, 0) is 9.59 Å². The van der Waals surface area contributed by atoms with Crippen LogP contribution in [0.1, 0.15) is 12.8 Å². The minimum atomic E-state index is -0.956. The maximum absolute atomic E-state index is 12.7. The Bertz CT molecular complexity index is 836. The van der Waals surface area contributed by atoms with Crippen LogP contribution in [0, 0.1) is 22.0 Å². The first kappa shape index (κ1) is 21.4. The van der Waals surface area contributed by atoms with Crippen molar-refractivity contribution in [2.75, 3.05) is 11.9 Å². The molecule has 0 radical (unpaired) electrons. The summed E-state index contributed by atoms with van der Waals surface area (Å²) in [5.41, 5.74) is 0.613. The van der Waals surface area contributed by atoms with E-state index in [1.54, 1.807) is 18.2 Å². The lowest BCUT2D eigenvalue weighted by molar-refractivity contribution is -0.529. The van der Waals surface area contributed by atoms with Gasteiger partial charge in [-0.1, -0.05) is 29.3 Å². The highest BCUT2D eigenvalue weighted by Gasteiger charge is 2.51. The molecule has 1 aliphatic heterocycles. The SMILES string of the molecule is C=CCNC(=O)C1CC([N+](=O)[O-])CC2C(=O)NC(Nc3ccc(Cl)c(Cl)c3)NC12. The molecule has 4 N–H and O–H groups in total.